The molecular weight excluding hydrogens is 236 g/mol. The molecule has 1 aromatic rings. The molecule has 0 saturated carbocycles. The van der Waals surface area contributed by atoms with E-state index in [-0.39, 0.29) is 11.4 Å². The van der Waals surface area contributed by atoms with E-state index in [1.54, 1.807) is 0 Å². The average Bonchev–Trinajstić information content (AvgIpc) is 2.74. The molecular formula is C16H24N2O. The molecule has 0 atom stereocenters. The highest BCUT2D eigenvalue weighted by Crippen LogP contribution is 2.24. The summed E-state index contributed by atoms with van der Waals surface area (Å²) in [5, 5.41) is 6.30. The van der Waals surface area contributed by atoms with Gasteiger partial charge in [-0.2, -0.15) is 0 Å². The Kier molecular flexibility index (Phi) is 4.25. The van der Waals surface area contributed by atoms with Crippen molar-refractivity contribution >= 4 is 11.6 Å². The Balaban J connectivity index is 1.82. The van der Waals surface area contributed by atoms with Crippen LogP contribution in [-0.4, -0.2) is 18.0 Å². The van der Waals surface area contributed by atoms with Crippen LogP contribution in [0.4, 0.5) is 5.69 Å². The first-order valence-electron chi connectivity index (χ1n) is 7.11. The Morgan fingerprint density at radius 2 is 1.95 bits per heavy atom. The molecule has 0 spiro atoms. The number of amides is 1. The molecule has 3 heteroatoms. The summed E-state index contributed by atoms with van der Waals surface area (Å²) >= 11 is 0. The molecule has 0 fully saturated rings. The molecule has 0 saturated heterocycles. The van der Waals surface area contributed by atoms with Crippen molar-refractivity contribution in [2.75, 3.05) is 11.9 Å². The first kappa shape index (κ1) is 14.1. The zero-order chi connectivity index (χ0) is 13.9. The van der Waals surface area contributed by atoms with Crippen LogP contribution in [-0.2, 0) is 17.6 Å². The largest absolute Gasteiger partial charge is 0.326 e. The summed E-state index contributed by atoms with van der Waals surface area (Å²) in [7, 11) is 0. The standard InChI is InChI=1S/C16H24N2O/c1-16(2,3)17-10-9-15(19)18-14-8-7-12-5-4-6-13(12)11-14/h7-8,11,17H,4-6,9-10H2,1-3H3,(H,18,19). The number of nitrogens with one attached hydrogen (secondary N) is 2. The number of aryl methyl sites for hydroxylation is 2. The van der Waals surface area contributed by atoms with Gasteiger partial charge in [0.05, 0.1) is 0 Å². The van der Waals surface area contributed by atoms with Crippen molar-refractivity contribution in [2.24, 2.45) is 0 Å². The molecule has 0 aromatic heterocycles. The number of carbonyl (C=O) groups is 1. The Labute approximate surface area is 115 Å². The van der Waals surface area contributed by atoms with Crippen molar-refractivity contribution in [3.63, 3.8) is 0 Å². The smallest absolute Gasteiger partial charge is 0.225 e. The Hall–Kier alpha value is -1.35. The second-order valence-corrected chi connectivity index (χ2v) is 6.31. The first-order valence-corrected chi connectivity index (χ1v) is 7.11. The van der Waals surface area contributed by atoms with E-state index in [9.17, 15) is 4.79 Å². The molecule has 0 aliphatic heterocycles. The third-order valence-corrected chi connectivity index (χ3v) is 3.39. The number of fused-ring (bicyclic) bond motifs is 1. The molecule has 0 unspecified atom stereocenters. The van der Waals surface area contributed by atoms with Gasteiger partial charge in [-0.1, -0.05) is 6.07 Å². The Bertz CT molecular complexity index is 460. The van der Waals surface area contributed by atoms with Crippen LogP contribution in [0.2, 0.25) is 0 Å². The van der Waals surface area contributed by atoms with Crippen LogP contribution >= 0.6 is 0 Å². The molecule has 0 bridgehead atoms. The van der Waals surface area contributed by atoms with E-state index >= 15 is 0 Å². The molecule has 2 rings (SSSR count). The predicted octanol–water partition coefficient (Wildman–Crippen LogP) is 2.89. The van der Waals surface area contributed by atoms with Crippen LogP contribution in [0.15, 0.2) is 18.2 Å². The van der Waals surface area contributed by atoms with E-state index in [4.69, 9.17) is 0 Å². The quantitative estimate of drug-likeness (QED) is 0.874. The molecule has 0 heterocycles. The third kappa shape index (κ3) is 4.35. The third-order valence-electron chi connectivity index (χ3n) is 3.39. The first-order chi connectivity index (χ1) is 8.94. The van der Waals surface area contributed by atoms with Crippen molar-refractivity contribution < 1.29 is 4.79 Å². The fourth-order valence-corrected chi connectivity index (χ4v) is 2.42. The monoisotopic (exact) mass is 260 g/mol. The van der Waals surface area contributed by atoms with Crippen LogP contribution in [0.25, 0.3) is 0 Å². The highest BCUT2D eigenvalue weighted by molar-refractivity contribution is 5.91. The van der Waals surface area contributed by atoms with E-state index < -0.39 is 0 Å². The summed E-state index contributed by atoms with van der Waals surface area (Å²) in [6, 6.07) is 6.28. The lowest BCUT2D eigenvalue weighted by Gasteiger charge is -2.20. The topological polar surface area (TPSA) is 41.1 Å². The number of benzene rings is 1. The van der Waals surface area contributed by atoms with Crippen molar-refractivity contribution in [2.45, 2.75) is 52.0 Å². The highest BCUT2D eigenvalue weighted by atomic mass is 16.1. The second kappa shape index (κ2) is 5.74. The lowest BCUT2D eigenvalue weighted by Crippen LogP contribution is -2.37. The lowest BCUT2D eigenvalue weighted by atomic mass is 10.1. The number of hydrogen-bond acceptors (Lipinski definition) is 2. The summed E-state index contributed by atoms with van der Waals surface area (Å²) in [6.45, 7) is 7.02. The van der Waals surface area contributed by atoms with Crippen molar-refractivity contribution in [1.29, 1.82) is 0 Å². The molecule has 19 heavy (non-hydrogen) atoms. The molecule has 1 amide bonds. The fraction of sp³-hybridized carbons (Fsp3) is 0.562. The van der Waals surface area contributed by atoms with Gasteiger partial charge in [-0.3, -0.25) is 4.79 Å². The maximum absolute atomic E-state index is 11.8. The maximum Gasteiger partial charge on any atom is 0.225 e. The summed E-state index contributed by atoms with van der Waals surface area (Å²) in [5.41, 5.74) is 3.83. The maximum atomic E-state index is 11.8. The number of carbonyl (C=O) groups excluding carboxylic acids is 1. The molecule has 1 aliphatic carbocycles. The highest BCUT2D eigenvalue weighted by Gasteiger charge is 2.12. The van der Waals surface area contributed by atoms with Crippen molar-refractivity contribution in [3.05, 3.63) is 29.3 Å². The summed E-state index contributed by atoms with van der Waals surface area (Å²) in [5.74, 6) is 0.0784. The van der Waals surface area contributed by atoms with E-state index in [1.165, 1.54) is 24.0 Å². The molecule has 104 valence electrons. The summed E-state index contributed by atoms with van der Waals surface area (Å²) in [6.07, 6.45) is 4.07. The normalized spacial score (nSPS) is 14.3. The van der Waals surface area contributed by atoms with Gasteiger partial charge in [0.25, 0.3) is 0 Å². The van der Waals surface area contributed by atoms with Gasteiger partial charge in [-0.15, -0.1) is 0 Å². The van der Waals surface area contributed by atoms with Gasteiger partial charge in [0, 0.05) is 24.2 Å². The number of hydrogen-bond donors (Lipinski definition) is 2. The molecule has 0 radical (unpaired) electrons. The Morgan fingerprint density at radius 1 is 1.21 bits per heavy atom. The minimum absolute atomic E-state index is 0.0633. The minimum atomic E-state index is 0.0633. The van der Waals surface area contributed by atoms with Crippen LogP contribution in [0, 0.1) is 0 Å². The fourth-order valence-electron chi connectivity index (χ4n) is 2.42. The number of anilines is 1. The predicted molar refractivity (Wildman–Crippen MR) is 79.5 cm³/mol. The van der Waals surface area contributed by atoms with Crippen LogP contribution in [0.5, 0.6) is 0 Å². The summed E-state index contributed by atoms with van der Waals surface area (Å²) < 4.78 is 0. The SMILES string of the molecule is CC(C)(C)NCCC(=O)Nc1ccc2c(c1)CCC2. The van der Waals surface area contributed by atoms with E-state index in [1.807, 2.05) is 6.07 Å². The van der Waals surface area contributed by atoms with Crippen molar-refractivity contribution in [1.82, 2.24) is 5.32 Å². The van der Waals surface area contributed by atoms with Gasteiger partial charge in [0.2, 0.25) is 5.91 Å². The molecule has 1 aliphatic rings. The molecule has 1 aromatic carbocycles. The minimum Gasteiger partial charge on any atom is -0.326 e. The van der Waals surface area contributed by atoms with E-state index in [0.29, 0.717) is 13.0 Å². The Morgan fingerprint density at radius 3 is 2.68 bits per heavy atom. The van der Waals surface area contributed by atoms with Crippen molar-refractivity contribution in [3.8, 4) is 0 Å². The van der Waals surface area contributed by atoms with Crippen LogP contribution in [0.3, 0.4) is 0 Å². The van der Waals surface area contributed by atoms with Crippen LogP contribution in [0.1, 0.15) is 44.7 Å². The van der Waals surface area contributed by atoms with Gasteiger partial charge >= 0.3 is 0 Å². The zero-order valence-electron chi connectivity index (χ0n) is 12.2. The number of rotatable bonds is 4. The van der Waals surface area contributed by atoms with E-state index in [0.717, 1.165) is 12.1 Å². The second-order valence-electron chi connectivity index (χ2n) is 6.31. The van der Waals surface area contributed by atoms with E-state index in [2.05, 4.69) is 43.5 Å². The van der Waals surface area contributed by atoms with Gasteiger partial charge in [-0.05, 0) is 63.3 Å². The van der Waals surface area contributed by atoms with Gasteiger partial charge < -0.3 is 10.6 Å². The van der Waals surface area contributed by atoms with Gasteiger partial charge in [-0.25, -0.2) is 0 Å². The molecule has 3 nitrogen and oxygen atoms in total. The van der Waals surface area contributed by atoms with Gasteiger partial charge in [0.1, 0.15) is 0 Å². The lowest BCUT2D eigenvalue weighted by molar-refractivity contribution is -0.116. The van der Waals surface area contributed by atoms with Crippen LogP contribution < -0.4 is 10.6 Å². The molecule has 2 N–H and O–H groups in total. The zero-order valence-corrected chi connectivity index (χ0v) is 12.2. The summed E-state index contributed by atoms with van der Waals surface area (Å²) in [4.78, 5) is 11.8. The average molecular weight is 260 g/mol. The van der Waals surface area contributed by atoms with Gasteiger partial charge in [0.15, 0.2) is 0 Å².